The summed E-state index contributed by atoms with van der Waals surface area (Å²) in [4.78, 5) is 0. The van der Waals surface area contributed by atoms with Gasteiger partial charge in [0.25, 0.3) is 0 Å². The maximum Gasteiger partial charge on any atom is 0.175 e. The van der Waals surface area contributed by atoms with Gasteiger partial charge in [0.05, 0.1) is 6.61 Å². The van der Waals surface area contributed by atoms with Gasteiger partial charge in [-0.15, -0.1) is 0 Å². The van der Waals surface area contributed by atoms with Crippen LogP contribution in [0.1, 0.15) is 6.92 Å². The highest BCUT2D eigenvalue weighted by molar-refractivity contribution is 7.80. The summed E-state index contributed by atoms with van der Waals surface area (Å²) in [6.45, 7) is 2.62. The molecule has 0 spiro atoms. The summed E-state index contributed by atoms with van der Waals surface area (Å²) in [7, 11) is 0. The molecule has 29 heavy (non-hydrogen) atoms. The fraction of sp³-hybridized carbons (Fsp3) is 0.0800. The first-order valence-corrected chi connectivity index (χ1v) is 10.0. The van der Waals surface area contributed by atoms with E-state index >= 15 is 0 Å². The highest BCUT2D eigenvalue weighted by Gasteiger charge is 2.04. The third kappa shape index (κ3) is 4.55. The van der Waals surface area contributed by atoms with E-state index in [1.165, 1.54) is 21.9 Å². The van der Waals surface area contributed by atoms with Crippen LogP contribution in [0.2, 0.25) is 0 Å². The minimum atomic E-state index is 0.548. The largest absolute Gasteiger partial charge is 0.494 e. The van der Waals surface area contributed by atoms with Crippen molar-refractivity contribution in [1.82, 2.24) is 0 Å². The van der Waals surface area contributed by atoms with Crippen LogP contribution in [-0.2, 0) is 0 Å². The molecule has 0 unspecified atom stereocenters. The summed E-state index contributed by atoms with van der Waals surface area (Å²) in [5, 5.41) is 9.47. The lowest BCUT2D eigenvalue weighted by atomic mass is 9.98. The molecule has 0 aliphatic rings. The predicted octanol–water partition coefficient (Wildman–Crippen LogP) is 6.71. The second kappa shape index (κ2) is 8.76. The summed E-state index contributed by atoms with van der Waals surface area (Å²) in [5.74, 6) is 0.848. The quantitative estimate of drug-likeness (QED) is 0.366. The molecule has 0 radical (unpaired) electrons. The summed E-state index contributed by atoms with van der Waals surface area (Å²) in [6.07, 6.45) is 0. The Balaban J connectivity index is 1.44. The van der Waals surface area contributed by atoms with Gasteiger partial charge in [-0.1, -0.05) is 54.6 Å². The zero-order chi connectivity index (χ0) is 20.1. The molecule has 0 saturated carbocycles. The molecule has 4 rings (SSSR count). The summed E-state index contributed by atoms with van der Waals surface area (Å²) in [6, 6.07) is 30.9. The number of rotatable bonds is 5. The molecule has 4 aromatic carbocycles. The molecule has 0 aliphatic carbocycles. The third-order valence-electron chi connectivity index (χ3n) is 4.67. The van der Waals surface area contributed by atoms with E-state index in [1.54, 1.807) is 0 Å². The van der Waals surface area contributed by atoms with Crippen LogP contribution in [-0.4, -0.2) is 11.7 Å². The molecule has 0 saturated heterocycles. The van der Waals surface area contributed by atoms with Gasteiger partial charge in [0.1, 0.15) is 5.75 Å². The van der Waals surface area contributed by atoms with Crippen molar-refractivity contribution in [2.75, 3.05) is 17.2 Å². The molecule has 4 heteroatoms. The van der Waals surface area contributed by atoms with Gasteiger partial charge in [-0.25, -0.2) is 0 Å². The van der Waals surface area contributed by atoms with Crippen molar-refractivity contribution < 1.29 is 4.74 Å². The predicted molar refractivity (Wildman–Crippen MR) is 127 cm³/mol. The fourth-order valence-corrected chi connectivity index (χ4v) is 3.54. The highest BCUT2D eigenvalue weighted by atomic mass is 32.1. The van der Waals surface area contributed by atoms with Crippen LogP contribution in [0, 0.1) is 0 Å². The van der Waals surface area contributed by atoms with E-state index in [2.05, 4.69) is 65.2 Å². The van der Waals surface area contributed by atoms with Gasteiger partial charge in [-0.05, 0) is 77.4 Å². The van der Waals surface area contributed by atoms with Crippen molar-refractivity contribution in [1.29, 1.82) is 0 Å². The molecule has 0 fully saturated rings. The lowest BCUT2D eigenvalue weighted by Crippen LogP contribution is -2.18. The molecule has 0 amide bonds. The Bertz CT molecular complexity index is 1120. The second-order valence-electron chi connectivity index (χ2n) is 6.64. The number of anilines is 2. The van der Waals surface area contributed by atoms with Crippen LogP contribution in [0.4, 0.5) is 11.4 Å². The normalized spacial score (nSPS) is 10.5. The van der Waals surface area contributed by atoms with Crippen molar-refractivity contribution in [2.24, 2.45) is 0 Å². The van der Waals surface area contributed by atoms with Crippen molar-refractivity contribution in [3.05, 3.63) is 91.0 Å². The average molecular weight is 399 g/mol. The van der Waals surface area contributed by atoms with Crippen LogP contribution in [0.15, 0.2) is 91.0 Å². The molecule has 0 aliphatic heterocycles. The molecule has 0 bridgehead atoms. The van der Waals surface area contributed by atoms with Crippen molar-refractivity contribution in [2.45, 2.75) is 6.92 Å². The van der Waals surface area contributed by atoms with Crippen LogP contribution >= 0.6 is 12.2 Å². The first kappa shape index (κ1) is 19.0. The smallest absolute Gasteiger partial charge is 0.175 e. The minimum Gasteiger partial charge on any atom is -0.494 e. The molecule has 0 heterocycles. The van der Waals surface area contributed by atoms with Crippen molar-refractivity contribution in [3.8, 4) is 16.9 Å². The van der Waals surface area contributed by atoms with Gasteiger partial charge in [-0.3, -0.25) is 0 Å². The van der Waals surface area contributed by atoms with E-state index in [0.717, 1.165) is 17.1 Å². The number of thiocarbonyl (C=S) groups is 1. The van der Waals surface area contributed by atoms with E-state index in [9.17, 15) is 0 Å². The number of hydrogen-bond donors (Lipinski definition) is 2. The molecule has 4 aromatic rings. The lowest BCUT2D eigenvalue weighted by Gasteiger charge is -2.12. The summed E-state index contributed by atoms with van der Waals surface area (Å²) in [5.41, 5.74) is 4.26. The van der Waals surface area contributed by atoms with Gasteiger partial charge >= 0.3 is 0 Å². The van der Waals surface area contributed by atoms with E-state index in [-0.39, 0.29) is 0 Å². The van der Waals surface area contributed by atoms with Crippen LogP contribution in [0.3, 0.4) is 0 Å². The van der Waals surface area contributed by atoms with E-state index in [0.29, 0.717) is 11.7 Å². The molecule has 3 nitrogen and oxygen atoms in total. The molecule has 0 aromatic heterocycles. The average Bonchev–Trinajstić information content (AvgIpc) is 2.75. The Morgan fingerprint density at radius 1 is 0.759 bits per heavy atom. The maximum absolute atomic E-state index is 5.46. The molecular weight excluding hydrogens is 376 g/mol. The standard InChI is InChI=1S/C25H22N2OS/c1-2-28-22-16-14-21(15-17-22)27-25(29)26-20-12-10-19(11-13-20)24-9-5-7-18-6-3-4-8-23(18)24/h3-17H,2H2,1H3,(H2,26,27,29). The summed E-state index contributed by atoms with van der Waals surface area (Å²) >= 11 is 5.44. The van der Waals surface area contributed by atoms with Crippen LogP contribution in [0.5, 0.6) is 5.75 Å². The fourth-order valence-electron chi connectivity index (χ4n) is 3.30. The van der Waals surface area contributed by atoms with Gasteiger partial charge in [0, 0.05) is 11.4 Å². The first-order valence-electron chi connectivity index (χ1n) is 9.62. The molecule has 2 N–H and O–H groups in total. The van der Waals surface area contributed by atoms with Crippen molar-refractivity contribution >= 4 is 39.5 Å². The van der Waals surface area contributed by atoms with Crippen LogP contribution < -0.4 is 15.4 Å². The second-order valence-corrected chi connectivity index (χ2v) is 7.05. The number of hydrogen-bond acceptors (Lipinski definition) is 2. The number of benzene rings is 4. The molecule has 0 atom stereocenters. The highest BCUT2D eigenvalue weighted by Crippen LogP contribution is 2.29. The Morgan fingerprint density at radius 2 is 1.38 bits per heavy atom. The van der Waals surface area contributed by atoms with E-state index in [1.807, 2.05) is 43.3 Å². The first-order chi connectivity index (χ1) is 14.2. The Kier molecular flexibility index (Phi) is 5.73. The number of ether oxygens (including phenoxy) is 1. The minimum absolute atomic E-state index is 0.548. The van der Waals surface area contributed by atoms with Gasteiger partial charge in [-0.2, -0.15) is 0 Å². The van der Waals surface area contributed by atoms with Gasteiger partial charge in [0.15, 0.2) is 5.11 Å². The zero-order valence-electron chi connectivity index (χ0n) is 16.2. The van der Waals surface area contributed by atoms with Crippen molar-refractivity contribution in [3.63, 3.8) is 0 Å². The number of nitrogens with one attached hydrogen (secondary N) is 2. The van der Waals surface area contributed by atoms with Gasteiger partial charge < -0.3 is 15.4 Å². The van der Waals surface area contributed by atoms with Crippen LogP contribution in [0.25, 0.3) is 21.9 Å². The SMILES string of the molecule is CCOc1ccc(NC(=S)Nc2ccc(-c3cccc4ccccc34)cc2)cc1. The van der Waals surface area contributed by atoms with E-state index < -0.39 is 0 Å². The number of fused-ring (bicyclic) bond motifs is 1. The summed E-state index contributed by atoms with van der Waals surface area (Å²) < 4.78 is 5.46. The Hall–Kier alpha value is -3.37. The Labute approximate surface area is 176 Å². The Morgan fingerprint density at radius 3 is 2.07 bits per heavy atom. The monoisotopic (exact) mass is 398 g/mol. The topological polar surface area (TPSA) is 33.3 Å². The molecular formula is C25H22N2OS. The molecule has 144 valence electrons. The third-order valence-corrected chi connectivity index (χ3v) is 4.87. The zero-order valence-corrected chi connectivity index (χ0v) is 17.0. The lowest BCUT2D eigenvalue weighted by molar-refractivity contribution is 0.340. The van der Waals surface area contributed by atoms with E-state index in [4.69, 9.17) is 17.0 Å². The van der Waals surface area contributed by atoms with Gasteiger partial charge in [0.2, 0.25) is 0 Å². The maximum atomic E-state index is 5.46.